The number of nitrogens with one attached hydrogen (secondary N) is 1. The summed E-state index contributed by atoms with van der Waals surface area (Å²) >= 11 is 0. The molecule has 0 bridgehead atoms. The summed E-state index contributed by atoms with van der Waals surface area (Å²) in [6.07, 6.45) is 0.605. The van der Waals surface area contributed by atoms with Gasteiger partial charge in [0.1, 0.15) is 5.82 Å². The maximum atomic E-state index is 13.4. The van der Waals surface area contributed by atoms with Gasteiger partial charge in [0.05, 0.1) is 20.1 Å². The summed E-state index contributed by atoms with van der Waals surface area (Å²) < 4.78 is 24.1. The number of carbonyl (C=O) groups excluding carboxylic acids is 2. The Morgan fingerprint density at radius 1 is 1.10 bits per heavy atom. The van der Waals surface area contributed by atoms with E-state index in [1.807, 2.05) is 18.2 Å². The molecule has 1 fully saturated rings. The van der Waals surface area contributed by atoms with Crippen LogP contribution in [0, 0.1) is 11.7 Å². The molecule has 1 heterocycles. The van der Waals surface area contributed by atoms with Crippen LogP contribution in [0.25, 0.3) is 0 Å². The highest BCUT2D eigenvalue weighted by Gasteiger charge is 2.33. The minimum atomic E-state index is -0.352. The fourth-order valence-corrected chi connectivity index (χ4v) is 3.87. The van der Waals surface area contributed by atoms with Gasteiger partial charge in [0.15, 0.2) is 11.5 Å². The van der Waals surface area contributed by atoms with Gasteiger partial charge in [0, 0.05) is 32.5 Å². The van der Waals surface area contributed by atoms with Crippen molar-refractivity contribution in [2.75, 3.05) is 27.3 Å². The van der Waals surface area contributed by atoms with Gasteiger partial charge in [-0.25, -0.2) is 4.39 Å². The van der Waals surface area contributed by atoms with Crippen LogP contribution >= 0.6 is 0 Å². The average molecular weight is 414 g/mol. The summed E-state index contributed by atoms with van der Waals surface area (Å²) in [4.78, 5) is 26.6. The summed E-state index contributed by atoms with van der Waals surface area (Å²) in [5.74, 6) is 0.336. The van der Waals surface area contributed by atoms with E-state index in [0.29, 0.717) is 36.6 Å². The van der Waals surface area contributed by atoms with Gasteiger partial charge < -0.3 is 19.7 Å². The van der Waals surface area contributed by atoms with Crippen molar-refractivity contribution >= 4 is 11.8 Å². The number of benzene rings is 2. The second-order valence-corrected chi connectivity index (χ2v) is 7.52. The van der Waals surface area contributed by atoms with Crippen LogP contribution in [-0.2, 0) is 16.1 Å². The van der Waals surface area contributed by atoms with Crippen LogP contribution in [0.3, 0.4) is 0 Å². The molecule has 1 aliphatic rings. The topological polar surface area (TPSA) is 67.9 Å². The summed E-state index contributed by atoms with van der Waals surface area (Å²) in [7, 11) is 3.15. The summed E-state index contributed by atoms with van der Waals surface area (Å²) in [5, 5.41) is 2.88. The minimum absolute atomic E-state index is 0.00706. The average Bonchev–Trinajstić information content (AvgIpc) is 2.76. The zero-order valence-electron chi connectivity index (χ0n) is 17.5. The Hall–Kier alpha value is -3.09. The molecule has 6 nitrogen and oxygen atoms in total. The molecule has 2 aromatic rings. The Morgan fingerprint density at radius 2 is 1.87 bits per heavy atom. The Bertz CT molecular complexity index is 918. The first-order chi connectivity index (χ1) is 14.4. The molecule has 2 atom stereocenters. The number of hydrogen-bond acceptors (Lipinski definition) is 4. The first-order valence-electron chi connectivity index (χ1n) is 9.90. The standard InChI is InChI=1S/C23H27FN2O4/c1-15(27)26-13-18(17-7-8-21(29-2)22(11-17)30-3)10-19(14-26)23(28)25-12-16-5-4-6-20(24)9-16/h4-9,11,18-19H,10,12-14H2,1-3H3,(H,25,28). The molecule has 0 aromatic heterocycles. The number of likely N-dealkylation sites (tertiary alicyclic amines) is 1. The van der Waals surface area contributed by atoms with Gasteiger partial charge in [-0.15, -0.1) is 0 Å². The normalized spacial score (nSPS) is 18.6. The molecule has 1 aliphatic heterocycles. The predicted molar refractivity (Wildman–Crippen MR) is 111 cm³/mol. The van der Waals surface area contributed by atoms with Crippen molar-refractivity contribution in [2.45, 2.75) is 25.8 Å². The van der Waals surface area contributed by atoms with E-state index < -0.39 is 0 Å². The molecule has 30 heavy (non-hydrogen) atoms. The van der Waals surface area contributed by atoms with Crippen LogP contribution in [-0.4, -0.2) is 44.0 Å². The number of halogens is 1. The number of rotatable bonds is 6. The third kappa shape index (κ3) is 5.09. The molecule has 160 valence electrons. The molecule has 2 amide bonds. The van der Waals surface area contributed by atoms with Gasteiger partial charge in [-0.2, -0.15) is 0 Å². The molecule has 1 saturated heterocycles. The van der Waals surface area contributed by atoms with E-state index in [0.717, 1.165) is 5.56 Å². The van der Waals surface area contributed by atoms with Gasteiger partial charge in [-0.05, 0) is 41.8 Å². The van der Waals surface area contributed by atoms with Crippen molar-refractivity contribution in [3.63, 3.8) is 0 Å². The third-order valence-corrected chi connectivity index (χ3v) is 5.50. The first kappa shape index (κ1) is 21.6. The number of piperidine rings is 1. The number of amides is 2. The molecule has 0 spiro atoms. The summed E-state index contributed by atoms with van der Waals surface area (Å²) in [5.41, 5.74) is 1.68. The van der Waals surface area contributed by atoms with Gasteiger partial charge in [0.2, 0.25) is 11.8 Å². The third-order valence-electron chi connectivity index (χ3n) is 5.50. The highest BCUT2D eigenvalue weighted by atomic mass is 19.1. The molecule has 3 rings (SSSR count). The lowest BCUT2D eigenvalue weighted by Crippen LogP contribution is -2.47. The van der Waals surface area contributed by atoms with Gasteiger partial charge in [0.25, 0.3) is 0 Å². The number of ether oxygens (including phenoxy) is 2. The zero-order chi connectivity index (χ0) is 21.7. The SMILES string of the molecule is COc1ccc(C2CC(C(=O)NCc3cccc(F)c3)CN(C(C)=O)C2)cc1OC. The molecule has 7 heteroatoms. The number of carbonyl (C=O) groups is 2. The second kappa shape index (κ2) is 9.61. The van der Waals surface area contributed by atoms with Gasteiger partial charge >= 0.3 is 0 Å². The van der Waals surface area contributed by atoms with Crippen LogP contribution in [0.4, 0.5) is 4.39 Å². The molecule has 2 unspecified atom stereocenters. The number of methoxy groups -OCH3 is 2. The van der Waals surface area contributed by atoms with E-state index in [9.17, 15) is 14.0 Å². The maximum absolute atomic E-state index is 13.4. The Morgan fingerprint density at radius 3 is 2.53 bits per heavy atom. The number of nitrogens with zero attached hydrogens (tertiary/aromatic N) is 1. The lowest BCUT2D eigenvalue weighted by atomic mass is 9.83. The van der Waals surface area contributed by atoms with Crippen LogP contribution in [0.2, 0.25) is 0 Å². The monoisotopic (exact) mass is 414 g/mol. The highest BCUT2D eigenvalue weighted by molar-refractivity contribution is 5.81. The van der Waals surface area contributed by atoms with Gasteiger partial charge in [-0.3, -0.25) is 9.59 Å². The second-order valence-electron chi connectivity index (χ2n) is 7.52. The molecule has 0 radical (unpaired) electrons. The molecule has 0 saturated carbocycles. The van der Waals surface area contributed by atoms with Crippen LogP contribution < -0.4 is 14.8 Å². The summed E-state index contributed by atoms with van der Waals surface area (Å²) in [6.45, 7) is 2.67. The summed E-state index contributed by atoms with van der Waals surface area (Å²) in [6, 6.07) is 11.8. The van der Waals surface area contributed by atoms with E-state index in [-0.39, 0.29) is 36.0 Å². The van der Waals surface area contributed by atoms with Crippen LogP contribution in [0.1, 0.15) is 30.4 Å². The smallest absolute Gasteiger partial charge is 0.225 e. The van der Waals surface area contributed by atoms with Crippen molar-refractivity contribution in [2.24, 2.45) is 5.92 Å². The van der Waals surface area contributed by atoms with E-state index in [2.05, 4.69) is 5.32 Å². The van der Waals surface area contributed by atoms with Crippen molar-refractivity contribution < 1.29 is 23.5 Å². The quantitative estimate of drug-likeness (QED) is 0.789. The van der Waals surface area contributed by atoms with E-state index in [4.69, 9.17) is 9.47 Å². The molecule has 1 N–H and O–H groups in total. The van der Waals surface area contributed by atoms with Crippen molar-refractivity contribution in [3.05, 3.63) is 59.4 Å². The maximum Gasteiger partial charge on any atom is 0.225 e. The van der Waals surface area contributed by atoms with Crippen LogP contribution in [0.5, 0.6) is 11.5 Å². The van der Waals surface area contributed by atoms with E-state index in [1.165, 1.54) is 19.1 Å². The van der Waals surface area contributed by atoms with E-state index >= 15 is 0 Å². The molecule has 0 aliphatic carbocycles. The fraction of sp³-hybridized carbons (Fsp3) is 0.391. The Kier molecular flexibility index (Phi) is 6.92. The first-order valence-corrected chi connectivity index (χ1v) is 9.90. The van der Waals surface area contributed by atoms with Crippen molar-refractivity contribution in [1.82, 2.24) is 10.2 Å². The lowest BCUT2D eigenvalue weighted by Gasteiger charge is -2.37. The largest absolute Gasteiger partial charge is 0.493 e. The molecule has 2 aromatic carbocycles. The number of hydrogen-bond donors (Lipinski definition) is 1. The predicted octanol–water partition coefficient (Wildman–Crippen LogP) is 3.11. The fourth-order valence-electron chi connectivity index (χ4n) is 3.87. The molecular weight excluding hydrogens is 387 g/mol. The zero-order valence-corrected chi connectivity index (χ0v) is 17.5. The van der Waals surface area contributed by atoms with Crippen molar-refractivity contribution in [3.8, 4) is 11.5 Å². The molecular formula is C23H27FN2O4. The van der Waals surface area contributed by atoms with E-state index in [1.54, 1.807) is 31.3 Å². The Labute approximate surface area is 176 Å². The van der Waals surface area contributed by atoms with Gasteiger partial charge in [-0.1, -0.05) is 18.2 Å². The minimum Gasteiger partial charge on any atom is -0.493 e. The highest BCUT2D eigenvalue weighted by Crippen LogP contribution is 2.35. The van der Waals surface area contributed by atoms with Crippen LogP contribution in [0.15, 0.2) is 42.5 Å². The lowest BCUT2D eigenvalue weighted by molar-refractivity contribution is -0.134. The van der Waals surface area contributed by atoms with Crippen molar-refractivity contribution in [1.29, 1.82) is 0 Å². The Balaban J connectivity index is 1.75.